The molecule has 4 aliphatic rings. The fraction of sp³-hybridized carbons (Fsp3) is 0.351. The Morgan fingerprint density at radius 1 is 0.402 bits per heavy atom. The number of unbranched alkanes of at least 4 members (excludes halogenated alkanes) is 4. The Kier molecular flexibility index (Phi) is 15.7. The first-order chi connectivity index (χ1) is 42.3. The van der Waals surface area contributed by atoms with Crippen LogP contribution in [-0.2, 0) is 13.2 Å². The summed E-state index contributed by atoms with van der Waals surface area (Å²) >= 11 is 2.17. The summed E-state index contributed by atoms with van der Waals surface area (Å²) in [7, 11) is 0. The number of alkyl halides is 6. The van der Waals surface area contributed by atoms with E-state index in [1.165, 1.54) is 126 Å². The minimum absolute atomic E-state index is 0.125. The van der Waals surface area contributed by atoms with E-state index in [4.69, 9.17) is 9.47 Å². The van der Waals surface area contributed by atoms with Gasteiger partial charge in [0.2, 0.25) is 0 Å². The van der Waals surface area contributed by atoms with E-state index in [1.54, 1.807) is 36.4 Å². The van der Waals surface area contributed by atoms with Crippen LogP contribution in [0.2, 0.25) is 0 Å². The number of fused-ring (bicyclic) bond motifs is 15. The Hall–Kier alpha value is -6.88. The van der Waals surface area contributed by atoms with Crippen LogP contribution in [0.4, 0.5) is 26.3 Å². The Morgan fingerprint density at radius 3 is 1.20 bits per heavy atom. The van der Waals surface area contributed by atoms with Gasteiger partial charge in [-0.25, -0.2) is 0 Å². The fourth-order valence-corrected chi connectivity index (χ4v) is 17.4. The highest BCUT2D eigenvalue weighted by molar-refractivity contribution is 7.19. The second-order valence-electron chi connectivity index (χ2n) is 25.3. The maximum atomic E-state index is 17.1. The van der Waals surface area contributed by atoms with E-state index in [0.717, 1.165) is 78.3 Å². The molecule has 1 aliphatic heterocycles. The minimum Gasteiger partial charge on any atom is -0.487 e. The van der Waals surface area contributed by atoms with Crippen molar-refractivity contribution < 1.29 is 35.8 Å². The van der Waals surface area contributed by atoms with Crippen LogP contribution in [0.25, 0.3) is 86.2 Å². The molecule has 2 nitrogen and oxygen atoms in total. The van der Waals surface area contributed by atoms with Gasteiger partial charge >= 0.3 is 17.8 Å². The lowest BCUT2D eigenvalue weighted by molar-refractivity contribution is -0.254. The van der Waals surface area contributed by atoms with Crippen molar-refractivity contribution in [3.63, 3.8) is 0 Å². The molecule has 3 aliphatic carbocycles. The highest BCUT2D eigenvalue weighted by Gasteiger charge is 2.81. The van der Waals surface area contributed by atoms with Crippen molar-refractivity contribution in [1.82, 2.24) is 0 Å². The molecule has 10 heteroatoms. The number of benzene rings is 8. The Labute approximate surface area is 514 Å². The lowest BCUT2D eigenvalue weighted by Gasteiger charge is -2.29. The number of hydrogen-bond acceptors (Lipinski definition) is 4. The Balaban J connectivity index is 0.905. The molecule has 0 bridgehead atoms. The van der Waals surface area contributed by atoms with Gasteiger partial charge in [-0.05, 0) is 166 Å². The van der Waals surface area contributed by atoms with E-state index < -0.39 is 28.9 Å². The maximum absolute atomic E-state index is 17.1. The predicted octanol–water partition coefficient (Wildman–Crippen LogP) is 24.4. The van der Waals surface area contributed by atoms with Crippen LogP contribution in [0.15, 0.2) is 158 Å². The molecule has 8 aromatic carbocycles. The van der Waals surface area contributed by atoms with Gasteiger partial charge in [0.15, 0.2) is 0 Å². The number of ether oxygens (including phenoxy) is 2. The molecule has 0 atom stereocenters. The number of rotatable bonds is 12. The van der Waals surface area contributed by atoms with E-state index in [2.05, 4.69) is 98.8 Å². The van der Waals surface area contributed by atoms with Gasteiger partial charge < -0.3 is 9.47 Å². The van der Waals surface area contributed by atoms with Crippen molar-refractivity contribution in [2.45, 2.75) is 159 Å². The van der Waals surface area contributed by atoms with Crippen molar-refractivity contribution in [3.8, 4) is 44.9 Å². The SMILES string of the molecule is CCCCCC1CCC(c2ccc(-c3ccc4c5c(ccc4c3)OCc3sc4ccccc4c3C3=C(c4c(sc6ccccc46)COc4ccc6cc(-c7ccc(C8CCC(CCCCC)CC8)cc7)ccc6c4-5)C(F)(F)C(F)(F)C3(F)F)cc2)CC1. The molecule has 2 aromatic heterocycles. The predicted molar refractivity (Wildman–Crippen MR) is 349 cm³/mol. The Bertz CT molecular complexity index is 3940. The molecule has 0 N–H and O–H groups in total. The van der Waals surface area contributed by atoms with E-state index in [0.29, 0.717) is 43.9 Å². The van der Waals surface area contributed by atoms with E-state index >= 15 is 26.3 Å². The molecule has 0 unspecified atom stereocenters. The lowest BCUT2D eigenvalue weighted by atomic mass is 9.77. The number of thiophene rings is 2. The number of halogens is 6. The van der Waals surface area contributed by atoms with Crippen LogP contribution in [0, 0.1) is 11.8 Å². The first kappa shape index (κ1) is 57.8. The average molecular weight is 1210 g/mol. The molecule has 3 heterocycles. The normalized spacial score (nSPS) is 20.7. The molecule has 2 fully saturated rings. The highest BCUT2D eigenvalue weighted by atomic mass is 32.1. The molecule has 0 spiro atoms. The molecular formula is C77H72F6O2S2. The fourth-order valence-electron chi connectivity index (χ4n) is 15.2. The monoisotopic (exact) mass is 1210 g/mol. The summed E-state index contributed by atoms with van der Waals surface area (Å²) in [5.41, 5.74) is 4.92. The van der Waals surface area contributed by atoms with Crippen LogP contribution in [0.5, 0.6) is 11.5 Å². The van der Waals surface area contributed by atoms with Crippen molar-refractivity contribution >= 4 is 75.5 Å². The highest BCUT2D eigenvalue weighted by Crippen LogP contribution is 2.67. The second kappa shape index (κ2) is 23.6. The molecule has 0 amide bonds. The summed E-state index contributed by atoms with van der Waals surface area (Å²) in [6, 6.07) is 51.9. The van der Waals surface area contributed by atoms with Gasteiger partial charge in [-0.15, -0.1) is 22.7 Å². The minimum atomic E-state index is -5.78. The van der Waals surface area contributed by atoms with E-state index in [-0.39, 0.29) is 44.9 Å². The van der Waals surface area contributed by atoms with Gasteiger partial charge in [-0.3, -0.25) is 0 Å². The largest absolute Gasteiger partial charge is 0.487 e. The van der Waals surface area contributed by atoms with Crippen LogP contribution < -0.4 is 9.47 Å². The average Bonchev–Trinajstić information content (AvgIpc) is 1.53. The molecular weight excluding hydrogens is 1130 g/mol. The summed E-state index contributed by atoms with van der Waals surface area (Å²) in [6.07, 6.45) is 20.5. The topological polar surface area (TPSA) is 18.5 Å². The lowest BCUT2D eigenvalue weighted by Crippen LogP contribution is -2.49. The second-order valence-corrected chi connectivity index (χ2v) is 27.5. The summed E-state index contributed by atoms with van der Waals surface area (Å²) in [6.45, 7) is 3.77. The molecule has 14 rings (SSSR count). The van der Waals surface area contributed by atoms with Crippen molar-refractivity contribution in [3.05, 3.63) is 190 Å². The summed E-state index contributed by atoms with van der Waals surface area (Å²) in [5.74, 6) is -12.8. The van der Waals surface area contributed by atoms with Gasteiger partial charge in [-0.2, -0.15) is 26.3 Å². The van der Waals surface area contributed by atoms with Crippen LogP contribution in [-0.4, -0.2) is 17.8 Å². The van der Waals surface area contributed by atoms with Gasteiger partial charge in [0.1, 0.15) is 24.7 Å². The van der Waals surface area contributed by atoms with Gasteiger partial charge in [0.25, 0.3) is 0 Å². The zero-order chi connectivity index (χ0) is 59.6. The first-order valence-corrected chi connectivity index (χ1v) is 33.4. The van der Waals surface area contributed by atoms with Crippen molar-refractivity contribution in [2.24, 2.45) is 11.8 Å². The molecule has 10 aromatic rings. The first-order valence-electron chi connectivity index (χ1n) is 31.8. The molecule has 446 valence electrons. The standard InChI is InChI=1S/C77H72F6O2S2/c1-3-5-7-13-47-19-23-49(24-20-47)51-27-31-53(32-28-51)55-35-39-59-57(43-55)37-41-63-69(59)70-60-40-36-56(54-33-29-52(30-34-54)50-25-21-48(22-26-50)14-8-6-4-2)44-58(60)38-42-64(70)85-46-68-72(62-16-10-12-18-66(62)87-68)74-73(75(78,79)77(82,83)76(74,80)81)71-61-15-9-11-17-65(61)86-67(71)45-84-63/h9-12,15-18,27-44,47-50H,3-8,13-14,19-26,45-46H2,1-2H3. The third-order valence-electron chi connectivity index (χ3n) is 20.0. The summed E-state index contributed by atoms with van der Waals surface area (Å²) in [4.78, 5) is 0.250. The van der Waals surface area contributed by atoms with Gasteiger partial charge in [0.05, 0.1) is 9.75 Å². The molecule has 0 radical (unpaired) electrons. The smallest absolute Gasteiger partial charge is 0.380 e. The third-order valence-corrected chi connectivity index (χ3v) is 22.3. The van der Waals surface area contributed by atoms with E-state index in [1.807, 2.05) is 24.3 Å². The quantitative estimate of drug-likeness (QED) is 0.0897. The number of hydrogen-bond donors (Lipinski definition) is 0. The molecule has 0 saturated heterocycles. The van der Waals surface area contributed by atoms with Gasteiger partial charge in [0, 0.05) is 53.6 Å². The molecule has 87 heavy (non-hydrogen) atoms. The van der Waals surface area contributed by atoms with Crippen LogP contribution in [0.1, 0.15) is 160 Å². The van der Waals surface area contributed by atoms with Crippen LogP contribution in [0.3, 0.4) is 0 Å². The molecule has 2 saturated carbocycles. The maximum Gasteiger partial charge on any atom is 0.380 e. The zero-order valence-corrected chi connectivity index (χ0v) is 51.1. The van der Waals surface area contributed by atoms with Gasteiger partial charge in [-0.1, -0.05) is 187 Å². The summed E-state index contributed by atoms with van der Waals surface area (Å²) in [5, 5.41) is 3.85. The third kappa shape index (κ3) is 10.4. The van der Waals surface area contributed by atoms with E-state index in [9.17, 15) is 0 Å². The van der Waals surface area contributed by atoms with Crippen LogP contribution >= 0.6 is 22.7 Å². The van der Waals surface area contributed by atoms with Crippen molar-refractivity contribution in [2.75, 3.05) is 0 Å². The van der Waals surface area contributed by atoms with Crippen molar-refractivity contribution in [1.29, 1.82) is 0 Å². The summed E-state index contributed by atoms with van der Waals surface area (Å²) < 4.78 is 116. The zero-order valence-electron chi connectivity index (χ0n) is 49.4. The number of allylic oxidation sites excluding steroid dienone is 2. The Morgan fingerprint density at radius 2 is 0.793 bits per heavy atom.